The van der Waals surface area contributed by atoms with Gasteiger partial charge in [0.25, 0.3) is 5.91 Å². The minimum Gasteiger partial charge on any atom is -0.378 e. The SMILES string of the molecule is CC(C)c1ccc(C(C(=O)Nc2ccc(N3CCOCC3)cc2)N(Cc2ccc(F)cc2)C(=O)Cn2nnc3ccccc32)cc1. The highest BCUT2D eigenvalue weighted by Gasteiger charge is 2.32. The second kappa shape index (κ2) is 13.9. The van der Waals surface area contributed by atoms with E-state index in [9.17, 15) is 14.0 Å². The highest BCUT2D eigenvalue weighted by atomic mass is 19.1. The Balaban J connectivity index is 1.35. The molecule has 1 unspecified atom stereocenters. The molecule has 0 spiro atoms. The van der Waals surface area contributed by atoms with Gasteiger partial charge in [-0.3, -0.25) is 9.59 Å². The maximum absolute atomic E-state index is 14.3. The van der Waals surface area contributed by atoms with E-state index in [2.05, 4.69) is 34.4 Å². The Bertz CT molecular complexity index is 1780. The lowest BCUT2D eigenvalue weighted by molar-refractivity contribution is -0.140. The number of morpholine rings is 1. The summed E-state index contributed by atoms with van der Waals surface area (Å²) in [5.74, 6) is -0.787. The molecule has 0 bridgehead atoms. The van der Waals surface area contributed by atoms with E-state index < -0.39 is 6.04 Å². The zero-order valence-electron chi connectivity index (χ0n) is 26.0. The van der Waals surface area contributed by atoms with Gasteiger partial charge in [0.15, 0.2) is 0 Å². The van der Waals surface area contributed by atoms with Gasteiger partial charge in [-0.25, -0.2) is 9.07 Å². The number of hydrogen-bond donors (Lipinski definition) is 1. The van der Waals surface area contributed by atoms with Gasteiger partial charge in [-0.15, -0.1) is 5.10 Å². The summed E-state index contributed by atoms with van der Waals surface area (Å²) in [6, 6.07) is 27.8. The molecule has 0 aliphatic carbocycles. The summed E-state index contributed by atoms with van der Waals surface area (Å²) in [7, 11) is 0. The molecule has 10 heteroatoms. The van der Waals surface area contributed by atoms with Crippen LogP contribution in [0.5, 0.6) is 0 Å². The van der Waals surface area contributed by atoms with Gasteiger partial charge in [-0.2, -0.15) is 0 Å². The van der Waals surface area contributed by atoms with Gasteiger partial charge in [0, 0.05) is 31.0 Å². The number of hydrogen-bond acceptors (Lipinski definition) is 6. The molecule has 4 aromatic carbocycles. The average molecular weight is 621 g/mol. The fourth-order valence-corrected chi connectivity index (χ4v) is 5.69. The van der Waals surface area contributed by atoms with Crippen molar-refractivity contribution in [3.8, 4) is 0 Å². The van der Waals surface area contributed by atoms with Gasteiger partial charge < -0.3 is 19.9 Å². The fourth-order valence-electron chi connectivity index (χ4n) is 5.69. The number of halogens is 1. The lowest BCUT2D eigenvalue weighted by atomic mass is 9.97. The molecule has 1 fully saturated rings. The van der Waals surface area contributed by atoms with Gasteiger partial charge in [0.2, 0.25) is 5.91 Å². The van der Waals surface area contributed by atoms with Crippen LogP contribution in [-0.2, 0) is 27.4 Å². The molecule has 1 aliphatic rings. The highest BCUT2D eigenvalue weighted by Crippen LogP contribution is 2.29. The Morgan fingerprint density at radius 2 is 1.57 bits per heavy atom. The number of carbonyl (C=O) groups excluding carboxylic acids is 2. The number of aromatic nitrogens is 3. The van der Waals surface area contributed by atoms with Crippen LogP contribution in [0.2, 0.25) is 0 Å². The molecule has 1 atom stereocenters. The van der Waals surface area contributed by atoms with E-state index in [-0.39, 0.29) is 30.7 Å². The third-order valence-corrected chi connectivity index (χ3v) is 8.28. The van der Waals surface area contributed by atoms with Crippen LogP contribution >= 0.6 is 0 Å². The summed E-state index contributed by atoms with van der Waals surface area (Å²) >= 11 is 0. The second-order valence-corrected chi connectivity index (χ2v) is 11.7. The predicted molar refractivity (Wildman–Crippen MR) is 176 cm³/mol. The Morgan fingerprint density at radius 1 is 0.891 bits per heavy atom. The van der Waals surface area contributed by atoms with Gasteiger partial charge in [0.05, 0.1) is 18.7 Å². The summed E-state index contributed by atoms with van der Waals surface area (Å²) in [4.78, 5) is 32.3. The third-order valence-electron chi connectivity index (χ3n) is 8.28. The van der Waals surface area contributed by atoms with Crippen LogP contribution in [0.25, 0.3) is 11.0 Å². The van der Waals surface area contributed by atoms with E-state index in [0.717, 1.165) is 24.3 Å². The first kappa shape index (κ1) is 30.9. The first-order chi connectivity index (χ1) is 22.4. The predicted octanol–water partition coefficient (Wildman–Crippen LogP) is 5.94. The van der Waals surface area contributed by atoms with E-state index in [1.54, 1.807) is 12.1 Å². The molecule has 1 N–H and O–H groups in total. The molecule has 6 rings (SSSR count). The van der Waals surface area contributed by atoms with Crippen molar-refractivity contribution in [1.29, 1.82) is 0 Å². The third kappa shape index (κ3) is 7.07. The molecule has 2 heterocycles. The fraction of sp³-hybridized carbons (Fsp3) is 0.278. The molecule has 0 saturated carbocycles. The van der Waals surface area contributed by atoms with Crippen LogP contribution in [-0.4, -0.2) is 58.0 Å². The van der Waals surface area contributed by atoms with E-state index in [1.165, 1.54) is 21.7 Å². The van der Waals surface area contributed by atoms with Crippen molar-refractivity contribution in [3.63, 3.8) is 0 Å². The standard InChI is InChI=1S/C36H37FN6O3/c1-25(2)27-9-11-28(12-10-27)35(36(45)38-30-15-17-31(18-16-30)41-19-21-46-22-20-41)42(23-26-7-13-29(37)14-8-26)34(44)24-43-33-6-4-3-5-32(33)39-40-43/h3-18,25,35H,19-24H2,1-2H3,(H,38,45). The quantitative estimate of drug-likeness (QED) is 0.208. The molecule has 1 saturated heterocycles. The van der Waals surface area contributed by atoms with Crippen molar-refractivity contribution in [2.75, 3.05) is 36.5 Å². The van der Waals surface area contributed by atoms with Crippen LogP contribution < -0.4 is 10.2 Å². The van der Waals surface area contributed by atoms with Crippen LogP contribution in [0.3, 0.4) is 0 Å². The summed E-state index contributed by atoms with van der Waals surface area (Å²) in [5.41, 5.74) is 5.50. The lowest BCUT2D eigenvalue weighted by Gasteiger charge is -2.32. The molecular formula is C36H37FN6O3. The maximum atomic E-state index is 14.3. The monoisotopic (exact) mass is 620 g/mol. The van der Waals surface area contributed by atoms with Crippen molar-refractivity contribution in [3.05, 3.63) is 120 Å². The molecule has 236 valence electrons. The normalized spacial score (nSPS) is 14.0. The molecule has 46 heavy (non-hydrogen) atoms. The number of anilines is 2. The van der Waals surface area contributed by atoms with Gasteiger partial charge in [-0.1, -0.05) is 67.6 Å². The molecule has 1 aromatic heterocycles. The number of para-hydroxylation sites is 1. The zero-order chi connectivity index (χ0) is 32.0. The Morgan fingerprint density at radius 3 is 2.26 bits per heavy atom. The summed E-state index contributed by atoms with van der Waals surface area (Å²) in [6.07, 6.45) is 0. The van der Waals surface area contributed by atoms with Gasteiger partial charge in [-0.05, 0) is 71.1 Å². The van der Waals surface area contributed by atoms with E-state index in [4.69, 9.17) is 4.74 Å². The topological polar surface area (TPSA) is 92.6 Å². The molecule has 9 nitrogen and oxygen atoms in total. The summed E-state index contributed by atoms with van der Waals surface area (Å²) < 4.78 is 20.9. The van der Waals surface area contributed by atoms with Crippen LogP contribution in [0, 0.1) is 5.82 Å². The van der Waals surface area contributed by atoms with Crippen molar-refractivity contribution in [2.45, 2.75) is 38.9 Å². The van der Waals surface area contributed by atoms with Crippen LogP contribution in [0.4, 0.5) is 15.8 Å². The largest absolute Gasteiger partial charge is 0.378 e. The van der Waals surface area contributed by atoms with Crippen molar-refractivity contribution in [2.24, 2.45) is 0 Å². The smallest absolute Gasteiger partial charge is 0.251 e. The number of fused-ring (bicyclic) bond motifs is 1. The average Bonchev–Trinajstić information content (AvgIpc) is 3.49. The Labute approximate surface area is 267 Å². The number of benzene rings is 4. The Hall–Kier alpha value is -5.09. The summed E-state index contributed by atoms with van der Waals surface area (Å²) in [5, 5.41) is 11.5. The van der Waals surface area contributed by atoms with E-state index in [1.807, 2.05) is 72.8 Å². The van der Waals surface area contributed by atoms with Gasteiger partial charge >= 0.3 is 0 Å². The van der Waals surface area contributed by atoms with Crippen molar-refractivity contribution >= 4 is 34.2 Å². The first-order valence-electron chi connectivity index (χ1n) is 15.5. The van der Waals surface area contributed by atoms with Gasteiger partial charge in [0.1, 0.15) is 23.9 Å². The first-order valence-corrected chi connectivity index (χ1v) is 15.5. The lowest BCUT2D eigenvalue weighted by Crippen LogP contribution is -2.42. The van der Waals surface area contributed by atoms with Crippen LogP contribution in [0.15, 0.2) is 97.1 Å². The number of nitrogens with one attached hydrogen (secondary N) is 1. The molecule has 5 aromatic rings. The zero-order valence-corrected chi connectivity index (χ0v) is 26.0. The maximum Gasteiger partial charge on any atom is 0.251 e. The minimum absolute atomic E-state index is 0.0751. The number of amides is 2. The highest BCUT2D eigenvalue weighted by molar-refractivity contribution is 5.98. The van der Waals surface area contributed by atoms with E-state index in [0.29, 0.717) is 47.0 Å². The number of nitrogens with zero attached hydrogens (tertiary/aromatic N) is 5. The van der Waals surface area contributed by atoms with Crippen LogP contribution in [0.1, 0.15) is 42.5 Å². The van der Waals surface area contributed by atoms with Crippen molar-refractivity contribution < 1.29 is 18.7 Å². The molecule has 1 aliphatic heterocycles. The molecular weight excluding hydrogens is 583 g/mol. The number of carbonyl (C=O) groups is 2. The van der Waals surface area contributed by atoms with Crippen molar-refractivity contribution in [1.82, 2.24) is 19.9 Å². The number of rotatable bonds is 10. The van der Waals surface area contributed by atoms with E-state index >= 15 is 0 Å². The Kier molecular flexibility index (Phi) is 9.35. The molecule has 0 radical (unpaired) electrons. The number of ether oxygens (including phenoxy) is 1. The second-order valence-electron chi connectivity index (χ2n) is 11.7. The molecule has 2 amide bonds. The summed E-state index contributed by atoms with van der Waals surface area (Å²) in [6.45, 7) is 7.12. The minimum atomic E-state index is -0.993.